The van der Waals surface area contributed by atoms with Gasteiger partial charge in [0.15, 0.2) is 0 Å². The maximum absolute atomic E-state index is 11.9. The molecule has 0 bridgehead atoms. The van der Waals surface area contributed by atoms with E-state index in [1.54, 1.807) is 0 Å². The number of nitrogens with zero attached hydrogens (tertiary/aromatic N) is 1. The number of carboxylic acid groups (broad SMARTS) is 1. The monoisotopic (exact) mass is 270 g/mol. The average molecular weight is 270 g/mol. The third-order valence-corrected chi connectivity index (χ3v) is 3.91. The van der Waals surface area contributed by atoms with Crippen LogP contribution in [0.5, 0.6) is 0 Å². The minimum absolute atomic E-state index is 0.0130. The lowest BCUT2D eigenvalue weighted by atomic mass is 9.84. The molecule has 5 heteroatoms. The summed E-state index contributed by atoms with van der Waals surface area (Å²) in [6, 6.07) is 0.346. The Labute approximate surface area is 115 Å². The Morgan fingerprint density at radius 1 is 1.37 bits per heavy atom. The van der Waals surface area contributed by atoms with E-state index in [0.29, 0.717) is 19.0 Å². The van der Waals surface area contributed by atoms with Gasteiger partial charge in [-0.3, -0.25) is 4.79 Å². The molecule has 0 aromatic rings. The molecule has 1 unspecified atom stereocenters. The first-order valence-corrected chi connectivity index (χ1v) is 7.08. The number of aliphatic carboxylic acids is 1. The highest BCUT2D eigenvalue weighted by Gasteiger charge is 2.25. The van der Waals surface area contributed by atoms with Crippen LogP contribution in [0.3, 0.4) is 0 Å². The minimum Gasteiger partial charge on any atom is -0.481 e. The largest absolute Gasteiger partial charge is 0.481 e. The normalized spacial score (nSPS) is 19.5. The van der Waals surface area contributed by atoms with Crippen LogP contribution in [0.25, 0.3) is 0 Å². The van der Waals surface area contributed by atoms with Crippen molar-refractivity contribution in [2.75, 3.05) is 13.1 Å². The van der Waals surface area contributed by atoms with Crippen LogP contribution in [-0.4, -0.2) is 41.1 Å². The second-order valence-electron chi connectivity index (χ2n) is 6.22. The summed E-state index contributed by atoms with van der Waals surface area (Å²) in [5.41, 5.74) is -0.0533. The van der Waals surface area contributed by atoms with E-state index in [-0.39, 0.29) is 17.9 Å². The number of nitrogens with one attached hydrogen (secondary N) is 1. The number of likely N-dealkylation sites (tertiary alicyclic amines) is 1. The SMILES string of the molecule is CC1CCCN1C(=O)NCCC(C)(C)CCC(=O)O. The number of rotatable bonds is 6. The van der Waals surface area contributed by atoms with E-state index in [1.807, 2.05) is 18.7 Å². The number of carbonyl (C=O) groups is 2. The van der Waals surface area contributed by atoms with Gasteiger partial charge in [-0.05, 0) is 38.0 Å². The van der Waals surface area contributed by atoms with E-state index in [9.17, 15) is 9.59 Å². The summed E-state index contributed by atoms with van der Waals surface area (Å²) in [5.74, 6) is -0.761. The fourth-order valence-corrected chi connectivity index (χ4v) is 2.41. The van der Waals surface area contributed by atoms with Crippen molar-refractivity contribution in [3.63, 3.8) is 0 Å². The molecule has 0 aliphatic carbocycles. The van der Waals surface area contributed by atoms with Crippen LogP contribution in [0.1, 0.15) is 52.9 Å². The molecule has 0 saturated carbocycles. The highest BCUT2D eigenvalue weighted by atomic mass is 16.4. The molecule has 2 N–H and O–H groups in total. The van der Waals surface area contributed by atoms with Gasteiger partial charge in [-0.25, -0.2) is 4.79 Å². The summed E-state index contributed by atoms with van der Waals surface area (Å²) in [5, 5.41) is 11.6. The Morgan fingerprint density at radius 3 is 2.58 bits per heavy atom. The van der Waals surface area contributed by atoms with Crippen molar-refractivity contribution < 1.29 is 14.7 Å². The fourth-order valence-electron chi connectivity index (χ4n) is 2.41. The summed E-state index contributed by atoms with van der Waals surface area (Å²) < 4.78 is 0. The fraction of sp³-hybridized carbons (Fsp3) is 0.857. The molecule has 2 amide bonds. The second-order valence-corrected chi connectivity index (χ2v) is 6.22. The Hall–Kier alpha value is -1.26. The predicted octanol–water partition coefficient (Wildman–Crippen LogP) is 2.46. The molecule has 1 heterocycles. The highest BCUT2D eigenvalue weighted by Crippen LogP contribution is 2.26. The molecule has 110 valence electrons. The van der Waals surface area contributed by atoms with Gasteiger partial charge < -0.3 is 15.3 Å². The van der Waals surface area contributed by atoms with Crippen molar-refractivity contribution in [3.8, 4) is 0 Å². The number of hydrogen-bond acceptors (Lipinski definition) is 2. The molecule has 0 aromatic heterocycles. The molecule has 19 heavy (non-hydrogen) atoms. The molecule has 1 aliphatic rings. The third kappa shape index (κ3) is 5.49. The molecule has 0 radical (unpaired) electrons. The van der Waals surface area contributed by atoms with Crippen LogP contribution in [-0.2, 0) is 4.79 Å². The lowest BCUT2D eigenvalue weighted by Crippen LogP contribution is -2.42. The lowest BCUT2D eigenvalue weighted by molar-refractivity contribution is -0.137. The third-order valence-electron chi connectivity index (χ3n) is 3.91. The van der Waals surface area contributed by atoms with Gasteiger partial charge in [0, 0.05) is 25.6 Å². The summed E-state index contributed by atoms with van der Waals surface area (Å²) in [7, 11) is 0. The molecule has 0 aromatic carbocycles. The molecule has 1 rings (SSSR count). The van der Waals surface area contributed by atoms with E-state index in [4.69, 9.17) is 5.11 Å². The van der Waals surface area contributed by atoms with Gasteiger partial charge in [-0.2, -0.15) is 0 Å². The van der Waals surface area contributed by atoms with Gasteiger partial charge in [0.05, 0.1) is 0 Å². The van der Waals surface area contributed by atoms with Crippen molar-refractivity contribution in [3.05, 3.63) is 0 Å². The summed E-state index contributed by atoms with van der Waals surface area (Å²) >= 11 is 0. The molecule has 0 spiro atoms. The van der Waals surface area contributed by atoms with Gasteiger partial charge in [0.25, 0.3) is 0 Å². The van der Waals surface area contributed by atoms with Gasteiger partial charge in [-0.15, -0.1) is 0 Å². The number of urea groups is 1. The van der Waals surface area contributed by atoms with Gasteiger partial charge in [-0.1, -0.05) is 13.8 Å². The van der Waals surface area contributed by atoms with Crippen LogP contribution >= 0.6 is 0 Å². The van der Waals surface area contributed by atoms with Crippen LogP contribution in [0.4, 0.5) is 4.79 Å². The van der Waals surface area contributed by atoms with E-state index in [0.717, 1.165) is 25.8 Å². The topological polar surface area (TPSA) is 69.6 Å². The van der Waals surface area contributed by atoms with Crippen LogP contribution in [0, 0.1) is 5.41 Å². The first-order valence-electron chi connectivity index (χ1n) is 7.08. The molecule has 1 aliphatic heterocycles. The Morgan fingerprint density at radius 2 is 2.05 bits per heavy atom. The van der Waals surface area contributed by atoms with E-state index in [1.165, 1.54) is 0 Å². The Kier molecular flexibility index (Phi) is 5.63. The number of carboxylic acids is 1. The first-order chi connectivity index (χ1) is 8.82. The zero-order valence-electron chi connectivity index (χ0n) is 12.2. The second kappa shape index (κ2) is 6.78. The van der Waals surface area contributed by atoms with Crippen molar-refractivity contribution in [1.29, 1.82) is 0 Å². The number of amides is 2. The van der Waals surface area contributed by atoms with Crippen molar-refractivity contribution in [2.24, 2.45) is 5.41 Å². The maximum Gasteiger partial charge on any atom is 0.317 e. The minimum atomic E-state index is -0.761. The van der Waals surface area contributed by atoms with E-state index in [2.05, 4.69) is 12.2 Å². The Bertz CT molecular complexity index is 329. The maximum atomic E-state index is 11.9. The zero-order valence-corrected chi connectivity index (χ0v) is 12.2. The van der Waals surface area contributed by atoms with Crippen molar-refractivity contribution in [2.45, 2.75) is 58.9 Å². The van der Waals surface area contributed by atoms with Gasteiger partial charge in [0.1, 0.15) is 0 Å². The molecular formula is C14H26N2O3. The van der Waals surface area contributed by atoms with Crippen molar-refractivity contribution >= 4 is 12.0 Å². The average Bonchev–Trinajstić information content (AvgIpc) is 2.73. The zero-order chi connectivity index (χ0) is 14.5. The molecule has 1 atom stereocenters. The molecule has 1 saturated heterocycles. The van der Waals surface area contributed by atoms with Crippen LogP contribution in [0.2, 0.25) is 0 Å². The summed E-state index contributed by atoms with van der Waals surface area (Å²) in [6.45, 7) is 7.61. The van der Waals surface area contributed by atoms with Crippen LogP contribution < -0.4 is 5.32 Å². The summed E-state index contributed by atoms with van der Waals surface area (Å²) in [6.07, 6.45) is 3.78. The van der Waals surface area contributed by atoms with Gasteiger partial charge >= 0.3 is 12.0 Å². The number of carbonyl (C=O) groups excluding carboxylic acids is 1. The first kappa shape index (κ1) is 15.8. The van der Waals surface area contributed by atoms with E-state index >= 15 is 0 Å². The quantitative estimate of drug-likeness (QED) is 0.779. The van der Waals surface area contributed by atoms with Gasteiger partial charge in [0.2, 0.25) is 0 Å². The summed E-state index contributed by atoms with van der Waals surface area (Å²) in [4.78, 5) is 24.4. The molecule has 5 nitrogen and oxygen atoms in total. The van der Waals surface area contributed by atoms with Crippen LogP contribution in [0.15, 0.2) is 0 Å². The predicted molar refractivity (Wildman–Crippen MR) is 74.1 cm³/mol. The lowest BCUT2D eigenvalue weighted by Gasteiger charge is -2.26. The standard InChI is InChI=1S/C14H26N2O3/c1-11-5-4-10-16(11)13(19)15-9-8-14(2,3)7-6-12(17)18/h11H,4-10H2,1-3H3,(H,15,19)(H,17,18). The Balaban J connectivity index is 2.25. The van der Waals surface area contributed by atoms with Crippen molar-refractivity contribution in [1.82, 2.24) is 10.2 Å². The molecular weight excluding hydrogens is 244 g/mol. The number of hydrogen-bond donors (Lipinski definition) is 2. The highest BCUT2D eigenvalue weighted by molar-refractivity contribution is 5.74. The smallest absolute Gasteiger partial charge is 0.317 e. The van der Waals surface area contributed by atoms with E-state index < -0.39 is 5.97 Å². The molecule has 1 fully saturated rings.